The summed E-state index contributed by atoms with van der Waals surface area (Å²) < 4.78 is 5.34. The van der Waals surface area contributed by atoms with Gasteiger partial charge in [-0.1, -0.05) is 12.5 Å². The summed E-state index contributed by atoms with van der Waals surface area (Å²) in [6, 6.07) is 5.85. The lowest BCUT2D eigenvalue weighted by Gasteiger charge is -2.34. The molecule has 0 N–H and O–H groups in total. The molecule has 0 aromatic heterocycles. The molecular formula is C16H23NO2. The van der Waals surface area contributed by atoms with Crippen LogP contribution in [0, 0.1) is 5.92 Å². The van der Waals surface area contributed by atoms with Gasteiger partial charge in [-0.3, -0.25) is 4.79 Å². The fourth-order valence-corrected chi connectivity index (χ4v) is 2.69. The maximum Gasteiger partial charge on any atom is 0.165 e. The molecule has 3 heteroatoms. The van der Waals surface area contributed by atoms with E-state index >= 15 is 0 Å². The van der Waals surface area contributed by atoms with Crippen LogP contribution in [0.3, 0.4) is 0 Å². The average molecular weight is 261 g/mol. The van der Waals surface area contributed by atoms with Gasteiger partial charge in [-0.15, -0.1) is 0 Å². The van der Waals surface area contributed by atoms with Crippen LogP contribution >= 0.6 is 0 Å². The Morgan fingerprint density at radius 1 is 1.42 bits per heavy atom. The first-order chi connectivity index (χ1) is 9.17. The lowest BCUT2D eigenvalue weighted by Crippen LogP contribution is -2.33. The van der Waals surface area contributed by atoms with Crippen molar-refractivity contribution in [1.29, 1.82) is 0 Å². The third-order valence-electron chi connectivity index (χ3n) is 4.00. The second-order valence-corrected chi connectivity index (χ2v) is 5.25. The number of rotatable bonds is 6. The number of nitrogens with zero attached hydrogens (tertiary/aromatic N) is 1. The zero-order chi connectivity index (χ0) is 13.8. The largest absolute Gasteiger partial charge is 0.496 e. The van der Waals surface area contributed by atoms with Gasteiger partial charge in [-0.2, -0.15) is 0 Å². The third kappa shape index (κ3) is 2.91. The molecule has 0 saturated heterocycles. The van der Waals surface area contributed by atoms with Crippen LogP contribution < -0.4 is 9.64 Å². The number of hydrogen-bond acceptors (Lipinski definition) is 3. The highest BCUT2D eigenvalue weighted by Gasteiger charge is 2.23. The van der Waals surface area contributed by atoms with Gasteiger partial charge in [0, 0.05) is 13.1 Å². The SMILES string of the molecule is CCN(CC1CCC1)c1cccc(OC)c1C(C)=O. The molecule has 0 radical (unpaired) electrons. The summed E-state index contributed by atoms with van der Waals surface area (Å²) in [5.41, 5.74) is 1.73. The number of benzene rings is 1. The highest BCUT2D eigenvalue weighted by Crippen LogP contribution is 2.33. The van der Waals surface area contributed by atoms with Crippen molar-refractivity contribution >= 4 is 11.5 Å². The standard InChI is InChI=1S/C16H23NO2/c1-4-17(11-13-7-5-8-13)14-9-6-10-15(19-3)16(14)12(2)18/h6,9-10,13H,4-5,7-8,11H2,1-3H3. The fourth-order valence-electron chi connectivity index (χ4n) is 2.69. The minimum absolute atomic E-state index is 0.0690. The van der Waals surface area contributed by atoms with Crippen molar-refractivity contribution in [3.63, 3.8) is 0 Å². The molecule has 3 nitrogen and oxygen atoms in total. The second kappa shape index (κ2) is 6.09. The Hall–Kier alpha value is -1.51. The molecule has 19 heavy (non-hydrogen) atoms. The monoisotopic (exact) mass is 261 g/mol. The highest BCUT2D eigenvalue weighted by atomic mass is 16.5. The lowest BCUT2D eigenvalue weighted by molar-refractivity contribution is 0.101. The van der Waals surface area contributed by atoms with Crippen LogP contribution in [-0.4, -0.2) is 26.0 Å². The zero-order valence-electron chi connectivity index (χ0n) is 12.1. The van der Waals surface area contributed by atoms with Crippen LogP contribution in [-0.2, 0) is 0 Å². The predicted molar refractivity (Wildman–Crippen MR) is 78.2 cm³/mol. The van der Waals surface area contributed by atoms with E-state index in [-0.39, 0.29) is 5.78 Å². The van der Waals surface area contributed by atoms with E-state index in [1.165, 1.54) is 19.3 Å². The summed E-state index contributed by atoms with van der Waals surface area (Å²) >= 11 is 0. The first kappa shape index (κ1) is 13.9. The summed E-state index contributed by atoms with van der Waals surface area (Å²) in [6.45, 7) is 5.72. The maximum absolute atomic E-state index is 11.9. The van der Waals surface area contributed by atoms with Gasteiger partial charge in [0.25, 0.3) is 0 Å². The van der Waals surface area contributed by atoms with Crippen molar-refractivity contribution in [3.05, 3.63) is 23.8 Å². The smallest absolute Gasteiger partial charge is 0.165 e. The van der Waals surface area contributed by atoms with Crippen LogP contribution in [0.4, 0.5) is 5.69 Å². The Balaban J connectivity index is 2.32. The van der Waals surface area contributed by atoms with Crippen LogP contribution in [0.25, 0.3) is 0 Å². The Labute approximate surface area is 115 Å². The van der Waals surface area contributed by atoms with Crippen LogP contribution in [0.1, 0.15) is 43.5 Å². The molecule has 1 aliphatic rings. The zero-order valence-corrected chi connectivity index (χ0v) is 12.1. The molecule has 0 bridgehead atoms. The Kier molecular flexibility index (Phi) is 4.46. The third-order valence-corrected chi connectivity index (χ3v) is 4.00. The van der Waals surface area contributed by atoms with E-state index in [1.54, 1.807) is 14.0 Å². The van der Waals surface area contributed by atoms with Gasteiger partial charge in [0.15, 0.2) is 5.78 Å². The van der Waals surface area contributed by atoms with Crippen LogP contribution in [0.2, 0.25) is 0 Å². The summed E-state index contributed by atoms with van der Waals surface area (Å²) in [7, 11) is 1.62. The topological polar surface area (TPSA) is 29.5 Å². The Morgan fingerprint density at radius 3 is 2.63 bits per heavy atom. The van der Waals surface area contributed by atoms with Gasteiger partial charge in [-0.25, -0.2) is 0 Å². The number of carbonyl (C=O) groups excluding carboxylic acids is 1. The van der Waals surface area contributed by atoms with Gasteiger partial charge < -0.3 is 9.64 Å². The summed E-state index contributed by atoms with van der Waals surface area (Å²) in [5, 5.41) is 0. The molecule has 0 aliphatic heterocycles. The molecule has 2 rings (SSSR count). The number of hydrogen-bond donors (Lipinski definition) is 0. The molecule has 1 aliphatic carbocycles. The molecule has 0 atom stereocenters. The van der Waals surface area contributed by atoms with Crippen molar-refractivity contribution in [1.82, 2.24) is 0 Å². The van der Waals surface area contributed by atoms with Gasteiger partial charge >= 0.3 is 0 Å². The molecule has 1 aromatic carbocycles. The van der Waals surface area contributed by atoms with Crippen LogP contribution in [0.5, 0.6) is 5.75 Å². The van der Waals surface area contributed by atoms with Gasteiger partial charge in [0.2, 0.25) is 0 Å². The molecule has 0 unspecified atom stereocenters. The molecule has 0 amide bonds. The van der Waals surface area contributed by atoms with E-state index in [1.807, 2.05) is 18.2 Å². The van der Waals surface area contributed by atoms with E-state index in [4.69, 9.17) is 4.74 Å². The number of Topliss-reactive ketones (excluding diaryl/α,β-unsaturated/α-hetero) is 1. The van der Waals surface area contributed by atoms with E-state index < -0.39 is 0 Å². The molecular weight excluding hydrogens is 238 g/mol. The Morgan fingerprint density at radius 2 is 2.16 bits per heavy atom. The van der Waals surface area contributed by atoms with E-state index in [0.29, 0.717) is 11.3 Å². The summed E-state index contributed by atoms with van der Waals surface area (Å²) in [4.78, 5) is 14.2. The Bertz CT molecular complexity index is 452. The molecule has 0 heterocycles. The minimum atomic E-state index is 0.0690. The molecule has 0 spiro atoms. The van der Waals surface area contributed by atoms with Crippen molar-refractivity contribution in [3.8, 4) is 5.75 Å². The summed E-state index contributed by atoms with van der Waals surface area (Å²) in [6.07, 6.45) is 3.98. The molecule has 1 saturated carbocycles. The predicted octanol–water partition coefficient (Wildman–Crippen LogP) is 3.52. The molecule has 1 aromatic rings. The minimum Gasteiger partial charge on any atom is -0.496 e. The van der Waals surface area contributed by atoms with Gasteiger partial charge in [-0.05, 0) is 44.7 Å². The number of ketones is 1. The van der Waals surface area contributed by atoms with Crippen LogP contribution in [0.15, 0.2) is 18.2 Å². The molecule has 104 valence electrons. The van der Waals surface area contributed by atoms with E-state index in [2.05, 4.69) is 11.8 Å². The van der Waals surface area contributed by atoms with Crippen molar-refractivity contribution in [2.24, 2.45) is 5.92 Å². The normalized spacial score (nSPS) is 14.9. The van der Waals surface area contributed by atoms with E-state index in [9.17, 15) is 4.79 Å². The van der Waals surface area contributed by atoms with Gasteiger partial charge in [0.05, 0.1) is 18.4 Å². The summed E-state index contributed by atoms with van der Waals surface area (Å²) in [5.74, 6) is 1.53. The highest BCUT2D eigenvalue weighted by molar-refractivity contribution is 6.02. The first-order valence-electron chi connectivity index (χ1n) is 7.10. The molecule has 1 fully saturated rings. The lowest BCUT2D eigenvalue weighted by atomic mass is 9.85. The number of anilines is 1. The number of carbonyl (C=O) groups is 1. The van der Waals surface area contributed by atoms with Crippen molar-refractivity contribution < 1.29 is 9.53 Å². The van der Waals surface area contributed by atoms with Crippen molar-refractivity contribution in [2.45, 2.75) is 33.1 Å². The first-order valence-corrected chi connectivity index (χ1v) is 7.10. The average Bonchev–Trinajstić information content (AvgIpc) is 2.36. The maximum atomic E-state index is 11.9. The number of ether oxygens (including phenoxy) is 1. The number of methoxy groups -OCH3 is 1. The second-order valence-electron chi connectivity index (χ2n) is 5.25. The quantitative estimate of drug-likeness (QED) is 0.734. The van der Waals surface area contributed by atoms with Crippen molar-refractivity contribution in [2.75, 3.05) is 25.1 Å². The van der Waals surface area contributed by atoms with Gasteiger partial charge in [0.1, 0.15) is 5.75 Å². The fraction of sp³-hybridized carbons (Fsp3) is 0.562. The van der Waals surface area contributed by atoms with E-state index in [0.717, 1.165) is 24.7 Å².